The first-order valence-electron chi connectivity index (χ1n) is 8.99. The standard InChI is InChI=1S/C20H27N5O2/c1-19(2,3)25-16-15(11-22-25)17(26)24-18(23-16)21-12-20(4,5)13-7-9-14(27-6)10-8-13/h7-11H,12H2,1-6H3,(H2,21,23,24,26). The van der Waals surface area contributed by atoms with Gasteiger partial charge in [-0.15, -0.1) is 0 Å². The number of nitrogens with zero attached hydrogens (tertiary/aromatic N) is 3. The molecule has 7 heteroatoms. The van der Waals surface area contributed by atoms with Crippen LogP contribution in [0.1, 0.15) is 40.2 Å². The lowest BCUT2D eigenvalue weighted by Crippen LogP contribution is -2.29. The van der Waals surface area contributed by atoms with Crippen molar-refractivity contribution in [3.63, 3.8) is 0 Å². The highest BCUT2D eigenvalue weighted by Crippen LogP contribution is 2.25. The second kappa shape index (κ2) is 6.72. The van der Waals surface area contributed by atoms with Crippen LogP contribution in [0, 0.1) is 0 Å². The minimum atomic E-state index is -0.262. The number of H-pyrrole nitrogens is 1. The average Bonchev–Trinajstić information content (AvgIpc) is 3.05. The third kappa shape index (κ3) is 3.82. The van der Waals surface area contributed by atoms with E-state index in [2.05, 4.69) is 46.4 Å². The van der Waals surface area contributed by atoms with Crippen molar-refractivity contribution in [1.29, 1.82) is 0 Å². The first kappa shape index (κ1) is 18.9. The second-order valence-corrected chi connectivity index (χ2v) is 8.34. The molecular formula is C20H27N5O2. The minimum Gasteiger partial charge on any atom is -0.497 e. The number of nitrogens with one attached hydrogen (secondary N) is 2. The third-order valence-electron chi connectivity index (χ3n) is 4.64. The van der Waals surface area contributed by atoms with Crippen molar-refractivity contribution in [3.05, 3.63) is 46.4 Å². The summed E-state index contributed by atoms with van der Waals surface area (Å²) in [6, 6.07) is 8.00. The van der Waals surface area contributed by atoms with Gasteiger partial charge in [-0.05, 0) is 38.5 Å². The van der Waals surface area contributed by atoms with E-state index >= 15 is 0 Å². The van der Waals surface area contributed by atoms with Gasteiger partial charge < -0.3 is 10.1 Å². The van der Waals surface area contributed by atoms with Crippen LogP contribution in [0.5, 0.6) is 5.75 Å². The Morgan fingerprint density at radius 2 is 1.81 bits per heavy atom. The van der Waals surface area contributed by atoms with Crippen LogP contribution in [0.15, 0.2) is 35.3 Å². The topological polar surface area (TPSA) is 84.8 Å². The Morgan fingerprint density at radius 1 is 1.15 bits per heavy atom. The summed E-state index contributed by atoms with van der Waals surface area (Å²) < 4.78 is 7.00. The first-order chi connectivity index (χ1) is 12.6. The summed E-state index contributed by atoms with van der Waals surface area (Å²) in [5.74, 6) is 1.27. The average molecular weight is 369 g/mol. The van der Waals surface area contributed by atoms with Gasteiger partial charge in [-0.2, -0.15) is 10.1 Å². The van der Waals surface area contributed by atoms with Crippen molar-refractivity contribution < 1.29 is 4.74 Å². The van der Waals surface area contributed by atoms with E-state index in [4.69, 9.17) is 4.74 Å². The quantitative estimate of drug-likeness (QED) is 0.721. The largest absolute Gasteiger partial charge is 0.497 e. The molecule has 0 saturated carbocycles. The second-order valence-electron chi connectivity index (χ2n) is 8.34. The molecule has 3 aromatic rings. The molecule has 0 atom stereocenters. The van der Waals surface area contributed by atoms with Gasteiger partial charge in [0.05, 0.1) is 18.8 Å². The summed E-state index contributed by atoms with van der Waals surface area (Å²) in [6.45, 7) is 11.0. The fourth-order valence-electron chi connectivity index (χ4n) is 2.94. The molecule has 0 aliphatic heterocycles. The highest BCUT2D eigenvalue weighted by Gasteiger charge is 2.23. The Morgan fingerprint density at radius 3 is 2.41 bits per heavy atom. The summed E-state index contributed by atoms with van der Waals surface area (Å²) in [5, 5.41) is 8.10. The molecule has 2 aromatic heterocycles. The molecule has 0 bridgehead atoms. The number of fused-ring (bicyclic) bond motifs is 1. The van der Waals surface area contributed by atoms with Gasteiger partial charge in [0, 0.05) is 12.0 Å². The monoisotopic (exact) mass is 369 g/mol. The van der Waals surface area contributed by atoms with Crippen molar-refractivity contribution in [2.75, 3.05) is 19.0 Å². The van der Waals surface area contributed by atoms with Crippen LogP contribution in [-0.2, 0) is 11.0 Å². The Hall–Kier alpha value is -2.83. The zero-order valence-electron chi connectivity index (χ0n) is 16.8. The van der Waals surface area contributed by atoms with Crippen LogP contribution in [-0.4, -0.2) is 33.4 Å². The Labute approximate surface area is 158 Å². The molecule has 2 heterocycles. The number of aromatic amines is 1. The van der Waals surface area contributed by atoms with E-state index in [1.165, 1.54) is 5.56 Å². The number of methoxy groups -OCH3 is 1. The molecule has 27 heavy (non-hydrogen) atoms. The third-order valence-corrected chi connectivity index (χ3v) is 4.64. The van der Waals surface area contributed by atoms with Crippen LogP contribution in [0.3, 0.4) is 0 Å². The molecule has 0 aliphatic rings. The van der Waals surface area contributed by atoms with Crippen molar-refractivity contribution in [1.82, 2.24) is 19.7 Å². The van der Waals surface area contributed by atoms with E-state index in [9.17, 15) is 4.79 Å². The van der Waals surface area contributed by atoms with Crippen molar-refractivity contribution in [3.8, 4) is 5.75 Å². The maximum atomic E-state index is 12.4. The number of hydrogen-bond acceptors (Lipinski definition) is 5. The van der Waals surface area contributed by atoms with Crippen LogP contribution >= 0.6 is 0 Å². The van der Waals surface area contributed by atoms with Crippen LogP contribution in [0.2, 0.25) is 0 Å². The summed E-state index contributed by atoms with van der Waals surface area (Å²) in [4.78, 5) is 19.8. The maximum absolute atomic E-state index is 12.4. The number of hydrogen-bond donors (Lipinski definition) is 2. The fourth-order valence-corrected chi connectivity index (χ4v) is 2.94. The molecule has 0 aliphatic carbocycles. The molecule has 0 amide bonds. The highest BCUT2D eigenvalue weighted by atomic mass is 16.5. The highest BCUT2D eigenvalue weighted by molar-refractivity contribution is 5.74. The molecule has 144 valence electrons. The zero-order chi connectivity index (χ0) is 19.8. The molecule has 0 spiro atoms. The van der Waals surface area contributed by atoms with E-state index in [0.717, 1.165) is 5.75 Å². The zero-order valence-corrected chi connectivity index (χ0v) is 16.8. The first-order valence-corrected chi connectivity index (χ1v) is 8.99. The van der Waals surface area contributed by atoms with E-state index in [1.54, 1.807) is 18.0 Å². The fraction of sp³-hybridized carbons (Fsp3) is 0.450. The Bertz CT molecular complexity index is 994. The van der Waals surface area contributed by atoms with Gasteiger partial charge in [0.25, 0.3) is 5.56 Å². The number of anilines is 1. The van der Waals surface area contributed by atoms with Crippen LogP contribution in [0.4, 0.5) is 5.95 Å². The number of rotatable bonds is 5. The van der Waals surface area contributed by atoms with Gasteiger partial charge in [-0.1, -0.05) is 26.0 Å². The van der Waals surface area contributed by atoms with Crippen molar-refractivity contribution in [2.45, 2.75) is 45.6 Å². The predicted molar refractivity (Wildman–Crippen MR) is 108 cm³/mol. The van der Waals surface area contributed by atoms with E-state index in [1.807, 2.05) is 32.9 Å². The van der Waals surface area contributed by atoms with Gasteiger partial charge in [0.2, 0.25) is 5.95 Å². The van der Waals surface area contributed by atoms with Gasteiger partial charge >= 0.3 is 0 Å². The van der Waals surface area contributed by atoms with Gasteiger partial charge in [0.1, 0.15) is 11.1 Å². The van der Waals surface area contributed by atoms with Crippen molar-refractivity contribution in [2.24, 2.45) is 0 Å². The molecule has 1 aromatic carbocycles. The van der Waals surface area contributed by atoms with Gasteiger partial charge in [-0.25, -0.2) is 4.68 Å². The maximum Gasteiger partial charge on any atom is 0.263 e. The SMILES string of the molecule is COc1ccc(C(C)(C)CNc2nc3c(cnn3C(C)(C)C)c(=O)[nH]2)cc1. The molecule has 7 nitrogen and oxygen atoms in total. The number of benzene rings is 1. The number of aromatic nitrogens is 4. The Kier molecular flexibility index (Phi) is 4.71. The van der Waals surface area contributed by atoms with Crippen LogP contribution < -0.4 is 15.6 Å². The normalized spacial score (nSPS) is 12.4. The Balaban J connectivity index is 1.86. The lowest BCUT2D eigenvalue weighted by molar-refractivity contribution is 0.366. The molecule has 0 radical (unpaired) electrons. The smallest absolute Gasteiger partial charge is 0.263 e. The summed E-state index contributed by atoms with van der Waals surface area (Å²) in [5.41, 5.74) is 1.13. The lowest BCUT2D eigenvalue weighted by atomic mass is 9.84. The van der Waals surface area contributed by atoms with Crippen molar-refractivity contribution >= 4 is 17.0 Å². The van der Waals surface area contributed by atoms with Gasteiger partial charge in [-0.3, -0.25) is 9.78 Å². The van der Waals surface area contributed by atoms with E-state index in [0.29, 0.717) is 23.5 Å². The molecular weight excluding hydrogens is 342 g/mol. The molecule has 0 fully saturated rings. The lowest BCUT2D eigenvalue weighted by Gasteiger charge is -2.26. The summed E-state index contributed by atoms with van der Waals surface area (Å²) in [6.07, 6.45) is 1.57. The molecule has 2 N–H and O–H groups in total. The number of ether oxygens (including phenoxy) is 1. The molecule has 0 unspecified atom stereocenters. The predicted octanol–water partition coefficient (Wildman–Crippen LogP) is 3.27. The van der Waals surface area contributed by atoms with E-state index in [-0.39, 0.29) is 16.5 Å². The van der Waals surface area contributed by atoms with Gasteiger partial charge in [0.15, 0.2) is 5.65 Å². The molecule has 0 saturated heterocycles. The summed E-state index contributed by atoms with van der Waals surface area (Å²) >= 11 is 0. The summed E-state index contributed by atoms with van der Waals surface area (Å²) in [7, 11) is 1.65. The van der Waals surface area contributed by atoms with E-state index < -0.39 is 0 Å². The van der Waals surface area contributed by atoms with Crippen LogP contribution in [0.25, 0.3) is 11.0 Å². The molecule has 3 rings (SSSR count). The minimum absolute atomic E-state index is 0.163.